The number of aryl methyl sites for hydroxylation is 1. The molecule has 1 fully saturated rings. The average molecular weight is 193 g/mol. The summed E-state index contributed by atoms with van der Waals surface area (Å²) in [4.78, 5) is 0. The Kier molecular flexibility index (Phi) is 2.87. The Bertz CT molecular complexity index is 288. The lowest BCUT2D eigenvalue weighted by atomic mass is 9.92. The van der Waals surface area contributed by atoms with Crippen LogP contribution in [0.1, 0.15) is 44.7 Å². The molecule has 2 rings (SSSR count). The maximum atomic E-state index is 4.28. The van der Waals surface area contributed by atoms with Gasteiger partial charge in [-0.25, -0.2) is 0 Å². The van der Waals surface area contributed by atoms with Crippen LogP contribution in [0.4, 0.5) is 0 Å². The number of hydrogen-bond donors (Lipinski definition) is 1. The number of hydrogen-bond acceptors (Lipinski definition) is 2. The highest BCUT2D eigenvalue weighted by Gasteiger charge is 2.20. The van der Waals surface area contributed by atoms with Gasteiger partial charge < -0.3 is 5.32 Å². The van der Waals surface area contributed by atoms with Crippen molar-refractivity contribution in [2.45, 2.75) is 51.7 Å². The quantitative estimate of drug-likeness (QED) is 0.793. The summed E-state index contributed by atoms with van der Waals surface area (Å²) in [6.45, 7) is 5.28. The zero-order valence-electron chi connectivity index (χ0n) is 9.03. The third-order valence-electron chi connectivity index (χ3n) is 3.07. The van der Waals surface area contributed by atoms with Gasteiger partial charge in [0.05, 0.1) is 6.20 Å². The molecule has 0 saturated heterocycles. The van der Waals surface area contributed by atoms with Gasteiger partial charge in [-0.1, -0.05) is 6.42 Å². The lowest BCUT2D eigenvalue weighted by Gasteiger charge is -2.29. The second kappa shape index (κ2) is 4.13. The van der Waals surface area contributed by atoms with Crippen LogP contribution in [0.5, 0.6) is 0 Å². The summed E-state index contributed by atoms with van der Waals surface area (Å²) in [6.07, 6.45) is 8.17. The van der Waals surface area contributed by atoms with Crippen molar-refractivity contribution in [3.8, 4) is 0 Å². The highest BCUT2D eigenvalue weighted by atomic mass is 15.3. The van der Waals surface area contributed by atoms with Crippen molar-refractivity contribution in [1.82, 2.24) is 15.1 Å². The smallest absolute Gasteiger partial charge is 0.0537 e. The number of rotatable bonds is 4. The fourth-order valence-corrected chi connectivity index (χ4v) is 1.80. The van der Waals surface area contributed by atoms with Crippen LogP contribution in [0.25, 0.3) is 0 Å². The Hall–Kier alpha value is -0.830. The molecular weight excluding hydrogens is 174 g/mol. The van der Waals surface area contributed by atoms with E-state index >= 15 is 0 Å². The van der Waals surface area contributed by atoms with Gasteiger partial charge in [0.2, 0.25) is 0 Å². The molecule has 0 bridgehead atoms. The fraction of sp³-hybridized carbons (Fsp3) is 0.727. The number of nitrogens with one attached hydrogen (secondary N) is 1. The maximum absolute atomic E-state index is 4.28. The molecule has 14 heavy (non-hydrogen) atoms. The minimum Gasteiger partial charge on any atom is -0.307 e. The molecule has 1 unspecified atom stereocenters. The van der Waals surface area contributed by atoms with Gasteiger partial charge in [-0.2, -0.15) is 5.10 Å². The first-order valence-electron chi connectivity index (χ1n) is 5.58. The zero-order valence-corrected chi connectivity index (χ0v) is 9.03. The third kappa shape index (κ3) is 1.98. The molecule has 0 radical (unpaired) electrons. The lowest BCUT2D eigenvalue weighted by Crippen LogP contribution is -2.36. The van der Waals surface area contributed by atoms with Gasteiger partial charge in [0.25, 0.3) is 0 Å². The molecule has 78 valence electrons. The fourth-order valence-electron chi connectivity index (χ4n) is 1.80. The monoisotopic (exact) mass is 193 g/mol. The summed E-state index contributed by atoms with van der Waals surface area (Å²) in [7, 11) is 0. The van der Waals surface area contributed by atoms with Gasteiger partial charge in [0, 0.05) is 30.4 Å². The molecule has 1 aliphatic rings. The van der Waals surface area contributed by atoms with E-state index in [9.17, 15) is 0 Å². The molecule has 0 aromatic carbocycles. The van der Waals surface area contributed by atoms with Crippen LogP contribution in [-0.2, 0) is 6.54 Å². The van der Waals surface area contributed by atoms with Gasteiger partial charge in [0.1, 0.15) is 0 Å². The predicted octanol–water partition coefficient (Wildman–Crippen LogP) is 2.11. The molecule has 0 aliphatic heterocycles. The van der Waals surface area contributed by atoms with Gasteiger partial charge in [-0.3, -0.25) is 4.68 Å². The van der Waals surface area contributed by atoms with E-state index in [2.05, 4.69) is 30.5 Å². The maximum Gasteiger partial charge on any atom is 0.0537 e. The van der Waals surface area contributed by atoms with Gasteiger partial charge in [-0.05, 0) is 26.7 Å². The van der Waals surface area contributed by atoms with E-state index in [0.717, 1.165) is 12.6 Å². The highest BCUT2D eigenvalue weighted by Crippen LogP contribution is 2.22. The Morgan fingerprint density at radius 1 is 1.64 bits per heavy atom. The van der Waals surface area contributed by atoms with Crippen LogP contribution >= 0.6 is 0 Å². The molecule has 3 nitrogen and oxygen atoms in total. The Morgan fingerprint density at radius 3 is 2.93 bits per heavy atom. The average Bonchev–Trinajstić information content (AvgIpc) is 2.59. The van der Waals surface area contributed by atoms with Crippen molar-refractivity contribution in [1.29, 1.82) is 0 Å². The summed E-state index contributed by atoms with van der Waals surface area (Å²) >= 11 is 0. The van der Waals surface area contributed by atoms with E-state index in [-0.39, 0.29) is 0 Å². The van der Waals surface area contributed by atoms with E-state index in [4.69, 9.17) is 0 Å². The molecule has 1 N–H and O–H groups in total. The molecule has 1 heterocycles. The molecule has 0 spiro atoms. The van der Waals surface area contributed by atoms with Gasteiger partial charge in [-0.15, -0.1) is 0 Å². The third-order valence-corrected chi connectivity index (χ3v) is 3.07. The Morgan fingerprint density at radius 2 is 2.43 bits per heavy atom. The summed E-state index contributed by atoms with van der Waals surface area (Å²) < 4.78 is 1.98. The molecule has 1 atom stereocenters. The van der Waals surface area contributed by atoms with Crippen molar-refractivity contribution in [3.05, 3.63) is 18.0 Å². The molecule has 0 amide bonds. The number of nitrogens with zero attached hydrogens (tertiary/aromatic N) is 2. The normalized spacial score (nSPS) is 19.3. The Balaban J connectivity index is 1.92. The van der Waals surface area contributed by atoms with Crippen LogP contribution in [0.2, 0.25) is 0 Å². The van der Waals surface area contributed by atoms with Crippen LogP contribution in [0.15, 0.2) is 12.4 Å². The topological polar surface area (TPSA) is 29.9 Å². The highest BCUT2D eigenvalue weighted by molar-refractivity contribution is 5.09. The molecule has 1 aromatic rings. The van der Waals surface area contributed by atoms with Gasteiger partial charge in [0.15, 0.2) is 0 Å². The van der Waals surface area contributed by atoms with Gasteiger partial charge >= 0.3 is 0 Å². The first kappa shape index (κ1) is 9.71. The van der Waals surface area contributed by atoms with Crippen molar-refractivity contribution < 1.29 is 0 Å². The minimum absolute atomic E-state index is 0.445. The van der Waals surface area contributed by atoms with E-state index in [1.54, 1.807) is 0 Å². The van der Waals surface area contributed by atoms with E-state index in [0.29, 0.717) is 6.04 Å². The molecule has 1 aliphatic carbocycles. The van der Waals surface area contributed by atoms with Crippen LogP contribution in [0, 0.1) is 0 Å². The zero-order chi connectivity index (χ0) is 9.97. The second-order valence-corrected chi connectivity index (χ2v) is 4.15. The SMILES string of the molecule is CCn1cc(C(C)NC2CCC2)cn1. The predicted molar refractivity (Wildman–Crippen MR) is 57.1 cm³/mol. The molecule has 1 saturated carbocycles. The Labute approximate surface area is 85.5 Å². The summed E-state index contributed by atoms with van der Waals surface area (Å²) in [5, 5.41) is 7.90. The number of aromatic nitrogens is 2. The van der Waals surface area contributed by atoms with E-state index in [1.807, 2.05) is 10.9 Å². The lowest BCUT2D eigenvalue weighted by molar-refractivity contribution is 0.313. The van der Waals surface area contributed by atoms with E-state index < -0.39 is 0 Å². The van der Waals surface area contributed by atoms with Crippen molar-refractivity contribution >= 4 is 0 Å². The van der Waals surface area contributed by atoms with Crippen LogP contribution < -0.4 is 5.32 Å². The summed E-state index contributed by atoms with van der Waals surface area (Å²) in [6, 6.07) is 1.19. The largest absolute Gasteiger partial charge is 0.307 e. The first-order valence-corrected chi connectivity index (χ1v) is 5.58. The first-order chi connectivity index (χ1) is 6.79. The molecular formula is C11H19N3. The van der Waals surface area contributed by atoms with Crippen molar-refractivity contribution in [3.63, 3.8) is 0 Å². The minimum atomic E-state index is 0.445. The molecule has 3 heteroatoms. The van der Waals surface area contributed by atoms with Crippen LogP contribution in [0.3, 0.4) is 0 Å². The standard InChI is InChI=1S/C11H19N3/c1-3-14-8-10(7-12-14)9(2)13-11-5-4-6-11/h7-9,11,13H,3-6H2,1-2H3. The summed E-state index contributed by atoms with van der Waals surface area (Å²) in [5.74, 6) is 0. The molecule has 1 aromatic heterocycles. The van der Waals surface area contributed by atoms with Crippen molar-refractivity contribution in [2.24, 2.45) is 0 Å². The van der Waals surface area contributed by atoms with Crippen LogP contribution in [-0.4, -0.2) is 15.8 Å². The van der Waals surface area contributed by atoms with E-state index in [1.165, 1.54) is 24.8 Å². The van der Waals surface area contributed by atoms with Crippen molar-refractivity contribution in [2.75, 3.05) is 0 Å². The second-order valence-electron chi connectivity index (χ2n) is 4.15. The summed E-state index contributed by atoms with van der Waals surface area (Å²) in [5.41, 5.74) is 1.30.